The number of imidazole rings is 1. The number of carbonyl (C=O) groups is 1. The molecule has 2 aromatic carbocycles. The van der Waals surface area contributed by atoms with Gasteiger partial charge in [-0.2, -0.15) is 0 Å². The summed E-state index contributed by atoms with van der Waals surface area (Å²) in [6, 6.07) is 12.2. The summed E-state index contributed by atoms with van der Waals surface area (Å²) in [4.78, 5) is 19.6. The lowest BCUT2D eigenvalue weighted by molar-refractivity contribution is 0.0736. The molecular weight excluding hydrogens is 367 g/mol. The van der Waals surface area contributed by atoms with Crippen LogP contribution in [-0.4, -0.2) is 34.0 Å². The summed E-state index contributed by atoms with van der Waals surface area (Å²) in [5, 5.41) is 3.16. The van der Waals surface area contributed by atoms with Crippen LogP contribution in [0.1, 0.15) is 48.4 Å². The molecule has 0 saturated heterocycles. The van der Waals surface area contributed by atoms with Crippen molar-refractivity contribution in [3.8, 4) is 0 Å². The first-order valence-corrected chi connectivity index (χ1v) is 10.2. The summed E-state index contributed by atoms with van der Waals surface area (Å²) in [6.07, 6.45) is 1.80. The second-order valence-electron chi connectivity index (χ2n) is 7.27. The maximum atomic E-state index is 13.6. The van der Waals surface area contributed by atoms with Crippen molar-refractivity contribution < 1.29 is 9.18 Å². The molecule has 0 atom stereocenters. The molecule has 0 bridgehead atoms. The number of aryl methyl sites for hydroxylation is 1. The van der Waals surface area contributed by atoms with E-state index in [1.165, 1.54) is 17.7 Å². The molecule has 154 valence electrons. The van der Waals surface area contributed by atoms with E-state index in [4.69, 9.17) is 4.98 Å². The van der Waals surface area contributed by atoms with Crippen LogP contribution < -0.4 is 5.32 Å². The van der Waals surface area contributed by atoms with Gasteiger partial charge in [0, 0.05) is 25.2 Å². The van der Waals surface area contributed by atoms with E-state index in [0.717, 1.165) is 42.8 Å². The molecule has 0 aliphatic rings. The summed E-state index contributed by atoms with van der Waals surface area (Å²) in [5.74, 6) is 0.293. The highest BCUT2D eigenvalue weighted by molar-refractivity contribution is 5.94. The summed E-state index contributed by atoms with van der Waals surface area (Å²) >= 11 is 0. The fourth-order valence-corrected chi connectivity index (χ4v) is 3.63. The molecular formula is C23H29FN4O. The number of aromatic nitrogens is 2. The second-order valence-corrected chi connectivity index (χ2v) is 7.27. The van der Waals surface area contributed by atoms with Crippen LogP contribution in [0.5, 0.6) is 0 Å². The minimum atomic E-state index is -0.400. The Labute approximate surface area is 171 Å². The van der Waals surface area contributed by atoms with E-state index in [1.54, 1.807) is 17.0 Å². The first-order valence-electron chi connectivity index (χ1n) is 10.2. The Morgan fingerprint density at radius 1 is 1.17 bits per heavy atom. The van der Waals surface area contributed by atoms with Gasteiger partial charge in [0.05, 0.1) is 17.6 Å². The zero-order valence-electron chi connectivity index (χ0n) is 17.4. The predicted octanol–water partition coefficient (Wildman–Crippen LogP) is 4.36. The molecule has 0 spiro atoms. The normalized spacial score (nSPS) is 11.2. The van der Waals surface area contributed by atoms with Gasteiger partial charge in [-0.3, -0.25) is 4.79 Å². The molecule has 0 unspecified atom stereocenters. The number of carbonyl (C=O) groups excluding carboxylic acids is 1. The second kappa shape index (κ2) is 9.65. The van der Waals surface area contributed by atoms with Crippen molar-refractivity contribution in [3.05, 3.63) is 65.2 Å². The van der Waals surface area contributed by atoms with Gasteiger partial charge in [0.25, 0.3) is 5.91 Å². The van der Waals surface area contributed by atoms with E-state index in [0.29, 0.717) is 18.7 Å². The third-order valence-electron chi connectivity index (χ3n) is 4.90. The molecule has 1 amide bonds. The van der Waals surface area contributed by atoms with Crippen molar-refractivity contribution in [1.82, 2.24) is 19.8 Å². The van der Waals surface area contributed by atoms with E-state index in [1.807, 2.05) is 14.0 Å². The third-order valence-corrected chi connectivity index (χ3v) is 4.90. The zero-order valence-corrected chi connectivity index (χ0v) is 17.4. The number of hydrogen-bond acceptors (Lipinski definition) is 3. The molecule has 5 nitrogen and oxygen atoms in total. The van der Waals surface area contributed by atoms with Gasteiger partial charge in [0.2, 0.25) is 0 Å². The molecule has 0 saturated carbocycles. The maximum absolute atomic E-state index is 13.6. The van der Waals surface area contributed by atoms with Crippen molar-refractivity contribution in [2.24, 2.45) is 0 Å². The fraction of sp³-hybridized carbons (Fsp3) is 0.391. The first kappa shape index (κ1) is 21.0. The number of rotatable bonds is 9. The molecule has 6 heteroatoms. The lowest BCUT2D eigenvalue weighted by atomic mass is 10.2. The lowest BCUT2D eigenvalue weighted by Gasteiger charge is -2.22. The van der Waals surface area contributed by atoms with Crippen LogP contribution in [0.4, 0.5) is 4.39 Å². The molecule has 0 aliphatic heterocycles. The molecule has 3 aromatic rings. The third kappa shape index (κ3) is 4.82. The average Bonchev–Trinajstić information content (AvgIpc) is 3.04. The monoisotopic (exact) mass is 396 g/mol. The van der Waals surface area contributed by atoms with Gasteiger partial charge < -0.3 is 14.8 Å². The lowest BCUT2D eigenvalue weighted by Crippen LogP contribution is -2.32. The highest BCUT2D eigenvalue weighted by Gasteiger charge is 2.20. The van der Waals surface area contributed by atoms with Crippen LogP contribution in [0, 0.1) is 5.82 Å². The molecule has 3 rings (SSSR count). The quantitative estimate of drug-likeness (QED) is 0.585. The zero-order chi connectivity index (χ0) is 20.8. The topological polar surface area (TPSA) is 50.2 Å². The van der Waals surface area contributed by atoms with E-state index in [-0.39, 0.29) is 5.91 Å². The molecule has 1 N–H and O–H groups in total. The van der Waals surface area contributed by atoms with Crippen LogP contribution in [0.3, 0.4) is 0 Å². The number of amides is 1. The van der Waals surface area contributed by atoms with E-state index in [9.17, 15) is 9.18 Å². The number of nitrogens with one attached hydrogen (secondary N) is 1. The van der Waals surface area contributed by atoms with Gasteiger partial charge in [0.15, 0.2) is 0 Å². The highest BCUT2D eigenvalue weighted by atomic mass is 19.1. The Morgan fingerprint density at radius 2 is 2.00 bits per heavy atom. The predicted molar refractivity (Wildman–Crippen MR) is 114 cm³/mol. The van der Waals surface area contributed by atoms with Crippen molar-refractivity contribution >= 4 is 16.9 Å². The Hall–Kier alpha value is -2.73. The Bertz CT molecular complexity index is 982. The molecule has 29 heavy (non-hydrogen) atoms. The van der Waals surface area contributed by atoms with Gasteiger partial charge in [-0.25, -0.2) is 9.37 Å². The van der Waals surface area contributed by atoms with Crippen LogP contribution in [0.15, 0.2) is 42.5 Å². The van der Waals surface area contributed by atoms with Crippen LogP contribution >= 0.6 is 0 Å². The highest BCUT2D eigenvalue weighted by Crippen LogP contribution is 2.21. The van der Waals surface area contributed by atoms with Crippen molar-refractivity contribution in [3.63, 3.8) is 0 Å². The summed E-state index contributed by atoms with van der Waals surface area (Å²) < 4.78 is 15.8. The Kier molecular flexibility index (Phi) is 6.99. The first-order chi connectivity index (χ1) is 14.1. The Morgan fingerprint density at radius 3 is 2.69 bits per heavy atom. The molecule has 0 fully saturated rings. The minimum absolute atomic E-state index is 0.169. The van der Waals surface area contributed by atoms with Gasteiger partial charge in [-0.15, -0.1) is 0 Å². The van der Waals surface area contributed by atoms with Crippen LogP contribution in [-0.2, 0) is 19.6 Å². The van der Waals surface area contributed by atoms with Crippen LogP contribution in [0.25, 0.3) is 11.0 Å². The fourth-order valence-electron chi connectivity index (χ4n) is 3.63. The van der Waals surface area contributed by atoms with E-state index in [2.05, 4.69) is 35.0 Å². The van der Waals surface area contributed by atoms with E-state index >= 15 is 0 Å². The van der Waals surface area contributed by atoms with Gasteiger partial charge >= 0.3 is 0 Å². The number of benzene rings is 2. The van der Waals surface area contributed by atoms with Gasteiger partial charge in [-0.05, 0) is 55.8 Å². The molecule has 0 aliphatic carbocycles. The largest absolute Gasteiger partial charge is 0.331 e. The van der Waals surface area contributed by atoms with Crippen LogP contribution in [0.2, 0.25) is 0 Å². The molecule has 0 radical (unpaired) electrons. The number of hydrogen-bond donors (Lipinski definition) is 1. The average molecular weight is 397 g/mol. The summed E-state index contributed by atoms with van der Waals surface area (Å²) in [6.45, 7) is 6.78. The molecule has 1 heterocycles. The van der Waals surface area contributed by atoms with Gasteiger partial charge in [0.1, 0.15) is 11.6 Å². The van der Waals surface area contributed by atoms with E-state index < -0.39 is 5.82 Å². The molecule has 1 aromatic heterocycles. The van der Waals surface area contributed by atoms with Crippen molar-refractivity contribution in [2.45, 2.75) is 46.3 Å². The van der Waals surface area contributed by atoms with Crippen molar-refractivity contribution in [2.75, 3.05) is 13.6 Å². The summed E-state index contributed by atoms with van der Waals surface area (Å²) in [7, 11) is 1.92. The standard InChI is InChI=1S/C23H29FN4O/c1-4-11-27(23(29)18-7-6-8-19(24)14-18)16-22-26-20-13-17(15-25-3)9-10-21(20)28(22)12-5-2/h6-10,13-14,25H,4-5,11-12,15-16H2,1-3H3. The maximum Gasteiger partial charge on any atom is 0.254 e. The smallest absolute Gasteiger partial charge is 0.254 e. The SMILES string of the molecule is CCCN(Cc1nc2cc(CNC)ccc2n1CCC)C(=O)c1cccc(F)c1. The number of halogens is 1. The number of fused-ring (bicyclic) bond motifs is 1. The Balaban J connectivity index is 1.95. The van der Waals surface area contributed by atoms with Crippen molar-refractivity contribution in [1.29, 1.82) is 0 Å². The summed E-state index contributed by atoms with van der Waals surface area (Å²) in [5.41, 5.74) is 3.56. The minimum Gasteiger partial charge on any atom is -0.331 e. The van der Waals surface area contributed by atoms with Gasteiger partial charge in [-0.1, -0.05) is 26.0 Å². The number of nitrogens with zero attached hydrogens (tertiary/aromatic N) is 3.